The molecule has 2 amide bonds. The van der Waals surface area contributed by atoms with Gasteiger partial charge in [0.2, 0.25) is 0 Å². The zero-order valence-corrected chi connectivity index (χ0v) is 13.7. The van der Waals surface area contributed by atoms with Crippen LogP contribution < -0.4 is 15.4 Å². The summed E-state index contributed by atoms with van der Waals surface area (Å²) in [5, 5.41) is 4.92. The fraction of sp³-hybridized carbons (Fsp3) is 0.133. The van der Waals surface area contributed by atoms with Crippen molar-refractivity contribution >= 4 is 34.9 Å². The molecule has 0 fully saturated rings. The van der Waals surface area contributed by atoms with Crippen LogP contribution in [0.2, 0.25) is 10.0 Å². The number of anilines is 1. The standard InChI is InChI=1S/C15H11Cl2F3N2O2/c1-21-14(23)22-12-7-9(3-4-10(12)16)24-13-5-2-8(6-11(13)17)15(18,19)20/h2-7H,1H3,(H2,21,22,23). The summed E-state index contributed by atoms with van der Waals surface area (Å²) in [6.07, 6.45) is -4.49. The average Bonchev–Trinajstić information content (AvgIpc) is 2.51. The van der Waals surface area contributed by atoms with Crippen LogP contribution in [0.25, 0.3) is 0 Å². The van der Waals surface area contributed by atoms with Gasteiger partial charge in [-0.3, -0.25) is 0 Å². The number of urea groups is 1. The Morgan fingerprint density at radius 3 is 2.38 bits per heavy atom. The average molecular weight is 379 g/mol. The van der Waals surface area contributed by atoms with Gasteiger partial charge in [-0.15, -0.1) is 0 Å². The Bertz CT molecular complexity index is 767. The number of hydrogen-bond acceptors (Lipinski definition) is 2. The van der Waals surface area contributed by atoms with E-state index >= 15 is 0 Å². The molecule has 4 nitrogen and oxygen atoms in total. The lowest BCUT2D eigenvalue weighted by Crippen LogP contribution is -2.24. The number of amides is 2. The monoisotopic (exact) mass is 378 g/mol. The van der Waals surface area contributed by atoms with E-state index < -0.39 is 17.8 Å². The van der Waals surface area contributed by atoms with Crippen LogP contribution in [0.5, 0.6) is 11.5 Å². The van der Waals surface area contributed by atoms with E-state index in [4.69, 9.17) is 27.9 Å². The third-order valence-corrected chi connectivity index (χ3v) is 3.53. The first-order valence-corrected chi connectivity index (χ1v) is 7.29. The maximum absolute atomic E-state index is 12.6. The number of rotatable bonds is 3. The number of halogens is 5. The van der Waals surface area contributed by atoms with Crippen LogP contribution in [0.3, 0.4) is 0 Å². The Hall–Kier alpha value is -2.12. The highest BCUT2D eigenvalue weighted by atomic mass is 35.5. The predicted octanol–water partition coefficient (Wildman–Crippen LogP) is 5.56. The van der Waals surface area contributed by atoms with Crippen LogP contribution in [-0.4, -0.2) is 13.1 Å². The van der Waals surface area contributed by atoms with Crippen molar-refractivity contribution in [1.29, 1.82) is 0 Å². The number of nitrogens with one attached hydrogen (secondary N) is 2. The maximum Gasteiger partial charge on any atom is 0.416 e. The zero-order valence-electron chi connectivity index (χ0n) is 12.2. The zero-order chi connectivity index (χ0) is 17.9. The molecule has 0 aliphatic rings. The summed E-state index contributed by atoms with van der Waals surface area (Å²) in [5.41, 5.74) is -0.602. The van der Waals surface area contributed by atoms with Crippen LogP contribution >= 0.6 is 23.2 Å². The van der Waals surface area contributed by atoms with Crippen molar-refractivity contribution in [3.8, 4) is 11.5 Å². The second-order valence-electron chi connectivity index (χ2n) is 4.59. The Balaban J connectivity index is 2.25. The Labute approximate surface area is 145 Å². The lowest BCUT2D eigenvalue weighted by Gasteiger charge is -2.13. The molecular formula is C15H11Cl2F3N2O2. The normalized spacial score (nSPS) is 11.1. The first-order chi connectivity index (χ1) is 11.2. The third-order valence-electron chi connectivity index (χ3n) is 2.90. The van der Waals surface area contributed by atoms with E-state index in [9.17, 15) is 18.0 Å². The van der Waals surface area contributed by atoms with Crippen molar-refractivity contribution in [1.82, 2.24) is 5.32 Å². The molecule has 2 aromatic rings. The van der Waals surface area contributed by atoms with Gasteiger partial charge in [0.1, 0.15) is 11.5 Å². The summed E-state index contributed by atoms with van der Waals surface area (Å²) in [4.78, 5) is 11.3. The molecule has 2 rings (SSSR count). The van der Waals surface area contributed by atoms with E-state index in [0.29, 0.717) is 0 Å². The number of hydrogen-bond donors (Lipinski definition) is 2. The van der Waals surface area contributed by atoms with Crippen molar-refractivity contribution in [3.63, 3.8) is 0 Å². The smallest absolute Gasteiger partial charge is 0.416 e. The molecule has 0 radical (unpaired) electrons. The van der Waals surface area contributed by atoms with Crippen LogP contribution in [0.1, 0.15) is 5.56 Å². The Kier molecular flexibility index (Phi) is 5.46. The van der Waals surface area contributed by atoms with Crippen LogP contribution in [-0.2, 0) is 6.18 Å². The van der Waals surface area contributed by atoms with Crippen molar-refractivity contribution in [3.05, 3.63) is 52.0 Å². The number of ether oxygens (including phenoxy) is 1. The van der Waals surface area contributed by atoms with Gasteiger partial charge in [0.25, 0.3) is 0 Å². The molecule has 0 atom stereocenters. The van der Waals surface area contributed by atoms with E-state index in [1.54, 1.807) is 0 Å². The van der Waals surface area contributed by atoms with Gasteiger partial charge in [-0.2, -0.15) is 13.2 Å². The van der Waals surface area contributed by atoms with E-state index in [1.807, 2.05) is 0 Å². The first kappa shape index (κ1) is 18.2. The molecule has 128 valence electrons. The number of carbonyl (C=O) groups excluding carboxylic acids is 1. The molecule has 0 bridgehead atoms. The number of benzene rings is 2. The van der Waals surface area contributed by atoms with Crippen molar-refractivity contribution < 1.29 is 22.7 Å². The molecule has 0 saturated heterocycles. The second kappa shape index (κ2) is 7.19. The first-order valence-electron chi connectivity index (χ1n) is 6.53. The minimum atomic E-state index is -4.49. The van der Waals surface area contributed by atoms with E-state index in [-0.39, 0.29) is 27.2 Å². The SMILES string of the molecule is CNC(=O)Nc1cc(Oc2ccc(C(F)(F)F)cc2Cl)ccc1Cl. The fourth-order valence-electron chi connectivity index (χ4n) is 1.74. The van der Waals surface area contributed by atoms with Gasteiger partial charge in [0.05, 0.1) is 21.3 Å². The largest absolute Gasteiger partial charge is 0.456 e. The molecule has 24 heavy (non-hydrogen) atoms. The summed E-state index contributed by atoms with van der Waals surface area (Å²) in [5.74, 6) is 0.283. The molecule has 0 aromatic heterocycles. The molecular weight excluding hydrogens is 368 g/mol. The Morgan fingerprint density at radius 1 is 1.08 bits per heavy atom. The summed E-state index contributed by atoms with van der Waals surface area (Å²) in [7, 11) is 1.44. The fourth-order valence-corrected chi connectivity index (χ4v) is 2.12. The van der Waals surface area contributed by atoms with Gasteiger partial charge < -0.3 is 15.4 Å². The summed E-state index contributed by atoms with van der Waals surface area (Å²) in [6.45, 7) is 0. The highest BCUT2D eigenvalue weighted by Gasteiger charge is 2.31. The van der Waals surface area contributed by atoms with Gasteiger partial charge in [0.15, 0.2) is 0 Å². The number of alkyl halides is 3. The lowest BCUT2D eigenvalue weighted by molar-refractivity contribution is -0.137. The van der Waals surface area contributed by atoms with Crippen LogP contribution in [0.15, 0.2) is 36.4 Å². The third kappa shape index (κ3) is 4.46. The van der Waals surface area contributed by atoms with Crippen molar-refractivity contribution in [2.45, 2.75) is 6.18 Å². The summed E-state index contributed by atoms with van der Waals surface area (Å²) in [6, 6.07) is 6.65. The minimum absolute atomic E-state index is 0.0397. The van der Waals surface area contributed by atoms with Gasteiger partial charge >= 0.3 is 12.2 Å². The molecule has 0 saturated carbocycles. The summed E-state index contributed by atoms with van der Waals surface area (Å²) >= 11 is 11.8. The van der Waals surface area contributed by atoms with E-state index in [2.05, 4.69) is 10.6 Å². The van der Waals surface area contributed by atoms with Crippen LogP contribution in [0.4, 0.5) is 23.7 Å². The van der Waals surface area contributed by atoms with Crippen LogP contribution in [0, 0.1) is 0 Å². The second-order valence-corrected chi connectivity index (χ2v) is 5.41. The highest BCUT2D eigenvalue weighted by Crippen LogP contribution is 2.37. The van der Waals surface area contributed by atoms with Crippen molar-refractivity contribution in [2.24, 2.45) is 0 Å². The predicted molar refractivity (Wildman–Crippen MR) is 86.1 cm³/mol. The minimum Gasteiger partial charge on any atom is -0.456 e. The molecule has 0 spiro atoms. The Morgan fingerprint density at radius 2 is 1.79 bits per heavy atom. The summed E-state index contributed by atoms with van der Waals surface area (Å²) < 4.78 is 43.3. The molecule has 0 aliphatic carbocycles. The van der Waals surface area contributed by atoms with Gasteiger partial charge in [0, 0.05) is 13.1 Å². The quantitative estimate of drug-likeness (QED) is 0.734. The number of carbonyl (C=O) groups is 1. The molecule has 9 heteroatoms. The topological polar surface area (TPSA) is 50.4 Å². The molecule has 0 heterocycles. The molecule has 0 aliphatic heterocycles. The van der Waals surface area contributed by atoms with E-state index in [0.717, 1.165) is 18.2 Å². The van der Waals surface area contributed by atoms with E-state index in [1.165, 1.54) is 25.2 Å². The molecule has 0 unspecified atom stereocenters. The molecule has 2 N–H and O–H groups in total. The van der Waals surface area contributed by atoms with Gasteiger partial charge in [-0.05, 0) is 30.3 Å². The molecule has 2 aromatic carbocycles. The highest BCUT2D eigenvalue weighted by molar-refractivity contribution is 6.33. The van der Waals surface area contributed by atoms with Gasteiger partial charge in [-0.1, -0.05) is 23.2 Å². The lowest BCUT2D eigenvalue weighted by atomic mass is 10.2. The van der Waals surface area contributed by atoms with Crippen molar-refractivity contribution in [2.75, 3.05) is 12.4 Å². The van der Waals surface area contributed by atoms with Gasteiger partial charge in [-0.25, -0.2) is 4.79 Å². The maximum atomic E-state index is 12.6.